The van der Waals surface area contributed by atoms with E-state index < -0.39 is 23.2 Å². The Morgan fingerprint density at radius 2 is 1.10 bits per heavy atom. The van der Waals surface area contributed by atoms with Crippen LogP contribution in [0.1, 0.15) is 59.6 Å². The second kappa shape index (κ2) is 17.5. The maximum absolute atomic E-state index is 13.7. The molecule has 0 aliphatic carbocycles. The van der Waals surface area contributed by atoms with E-state index in [9.17, 15) is 29.4 Å². The van der Waals surface area contributed by atoms with E-state index in [1.54, 1.807) is 60.4 Å². The number of quaternary nitrogens is 1. The number of aromatic hydroxyl groups is 2. The lowest BCUT2D eigenvalue weighted by atomic mass is 9.81. The number of rotatable bonds is 10. The molecule has 17 heteroatoms. The maximum Gasteiger partial charge on any atom is 0.328 e. The number of urea groups is 2. The van der Waals surface area contributed by atoms with Crippen LogP contribution in [0.2, 0.25) is 0 Å². The summed E-state index contributed by atoms with van der Waals surface area (Å²) in [4.78, 5) is 71.0. The topological polar surface area (TPSA) is 179 Å². The molecule has 6 amide bonds. The van der Waals surface area contributed by atoms with Crippen LogP contribution in [0, 0.1) is 0 Å². The summed E-state index contributed by atoms with van der Waals surface area (Å²) in [7, 11) is 11.1. The number of fused-ring (bicyclic) bond motifs is 8. The predicted octanol–water partition coefficient (Wildman–Crippen LogP) is 1.81. The molecule has 16 nitrogen and oxygen atoms in total. The molecule has 5 N–H and O–H groups in total. The zero-order valence-corrected chi connectivity index (χ0v) is 39.7. The number of imide groups is 2. The van der Waals surface area contributed by atoms with Gasteiger partial charge in [0.2, 0.25) is 0 Å². The number of methoxy groups -OCH3 is 2. The van der Waals surface area contributed by atoms with Crippen molar-refractivity contribution in [1.82, 2.24) is 34.5 Å². The smallest absolute Gasteiger partial charge is 0.328 e. The highest BCUT2D eigenvalue weighted by molar-refractivity contribution is 6.09. The first-order valence-corrected chi connectivity index (χ1v) is 22.2. The van der Waals surface area contributed by atoms with Crippen molar-refractivity contribution in [1.29, 1.82) is 0 Å². The van der Waals surface area contributed by atoms with Gasteiger partial charge in [-0.15, -0.1) is 0 Å². The van der Waals surface area contributed by atoms with E-state index in [0.717, 1.165) is 66.9 Å². The van der Waals surface area contributed by atoms with E-state index in [0.29, 0.717) is 39.0 Å². The number of phenols is 2. The minimum atomic E-state index is -1.04. The van der Waals surface area contributed by atoms with Crippen LogP contribution in [0.15, 0.2) is 84.9 Å². The van der Waals surface area contributed by atoms with Gasteiger partial charge in [0.15, 0.2) is 0 Å². The van der Waals surface area contributed by atoms with Gasteiger partial charge in [-0.25, -0.2) is 9.59 Å². The summed E-state index contributed by atoms with van der Waals surface area (Å²) in [6.45, 7) is 5.65. The lowest BCUT2D eigenvalue weighted by Gasteiger charge is -2.42. The molecule has 4 aliphatic heterocycles. The number of amides is 6. The lowest BCUT2D eigenvalue weighted by Crippen LogP contribution is -3.06. The molecule has 6 heterocycles. The SMILES string of the molecule is COc1ccc2[nH]c3c(c2c1)C[C@@]1(C)C(=O)N(CCN(C)C)C(=O)N1C3c1cccc(O)c1.COc1ccc2[nH]c3c(c2c1)C[C@@]1(C)C(=O)N(CC[NH+](C)C)C(=O)N1C3c1cccc(O)c1.[Cl-]. The molecule has 6 aromatic rings. The maximum atomic E-state index is 13.7. The van der Waals surface area contributed by atoms with Gasteiger partial charge in [-0.1, -0.05) is 24.3 Å². The van der Waals surface area contributed by atoms with Gasteiger partial charge in [0, 0.05) is 59.1 Å². The average molecular weight is 934 g/mol. The van der Waals surface area contributed by atoms with Gasteiger partial charge in [0.25, 0.3) is 11.8 Å². The van der Waals surface area contributed by atoms with E-state index in [4.69, 9.17) is 9.47 Å². The summed E-state index contributed by atoms with van der Waals surface area (Å²) >= 11 is 0. The molecule has 0 spiro atoms. The van der Waals surface area contributed by atoms with Crippen LogP contribution in [0.25, 0.3) is 21.8 Å². The molecule has 2 aromatic heterocycles. The Labute approximate surface area is 395 Å². The number of carbonyl (C=O) groups is 4. The third-order valence-electron chi connectivity index (χ3n) is 13.7. The molecule has 2 fully saturated rings. The first kappa shape index (κ1) is 46.8. The second-order valence-corrected chi connectivity index (χ2v) is 18.7. The predicted molar refractivity (Wildman–Crippen MR) is 248 cm³/mol. The van der Waals surface area contributed by atoms with Gasteiger partial charge < -0.3 is 51.9 Å². The van der Waals surface area contributed by atoms with Gasteiger partial charge in [-0.2, -0.15) is 0 Å². The Morgan fingerprint density at radius 1 is 0.672 bits per heavy atom. The normalized spacial score (nSPS) is 21.9. The number of carbonyl (C=O) groups excluding carboxylic acids is 4. The zero-order chi connectivity index (χ0) is 47.0. The number of ether oxygens (including phenoxy) is 2. The summed E-state index contributed by atoms with van der Waals surface area (Å²) < 4.78 is 10.9. The monoisotopic (exact) mass is 932 g/mol. The number of phenolic OH excluding ortho intramolecular Hbond substituents is 2. The van der Waals surface area contributed by atoms with Gasteiger partial charge in [0.05, 0.1) is 41.4 Å². The van der Waals surface area contributed by atoms with Crippen molar-refractivity contribution in [3.05, 3.63) is 119 Å². The van der Waals surface area contributed by atoms with Crippen LogP contribution in [0.3, 0.4) is 0 Å². The number of aromatic amines is 2. The van der Waals surface area contributed by atoms with Crippen LogP contribution in [-0.4, -0.2) is 148 Å². The Kier molecular flexibility index (Phi) is 12.2. The molecule has 10 rings (SSSR count). The van der Waals surface area contributed by atoms with Crippen LogP contribution in [-0.2, 0) is 22.4 Å². The fourth-order valence-electron chi connectivity index (χ4n) is 10.4. The van der Waals surface area contributed by atoms with Crippen LogP contribution in [0.5, 0.6) is 23.0 Å². The Hall–Kier alpha value is -6.75. The third-order valence-corrected chi connectivity index (χ3v) is 13.7. The summed E-state index contributed by atoms with van der Waals surface area (Å²) in [5, 5.41) is 22.4. The summed E-state index contributed by atoms with van der Waals surface area (Å²) in [5.74, 6) is 1.32. The van der Waals surface area contributed by atoms with Crippen molar-refractivity contribution in [2.24, 2.45) is 0 Å². The fraction of sp³-hybridized carbons (Fsp3) is 0.360. The highest BCUT2D eigenvalue weighted by Crippen LogP contribution is 2.51. The third kappa shape index (κ3) is 7.66. The molecule has 0 radical (unpaired) electrons. The van der Waals surface area contributed by atoms with Gasteiger partial charge >= 0.3 is 12.1 Å². The quantitative estimate of drug-likeness (QED) is 0.128. The number of aromatic nitrogens is 2. The molecule has 2 unspecified atom stereocenters. The number of H-pyrrole nitrogens is 2. The molecule has 4 aromatic carbocycles. The second-order valence-electron chi connectivity index (χ2n) is 18.7. The van der Waals surface area contributed by atoms with Crippen molar-refractivity contribution in [2.45, 2.75) is 49.9 Å². The van der Waals surface area contributed by atoms with Crippen molar-refractivity contribution < 1.29 is 56.2 Å². The average Bonchev–Trinajstić information content (AvgIpc) is 3.94. The van der Waals surface area contributed by atoms with Crippen LogP contribution >= 0.6 is 0 Å². The molecule has 4 aliphatic rings. The molecular weight excluding hydrogens is 876 g/mol. The number of halogens is 1. The Morgan fingerprint density at radius 3 is 1.49 bits per heavy atom. The van der Waals surface area contributed by atoms with Crippen molar-refractivity contribution in [3.8, 4) is 23.0 Å². The molecule has 352 valence electrons. The minimum absolute atomic E-state index is 0. The van der Waals surface area contributed by atoms with E-state index in [1.807, 2.05) is 95.5 Å². The molecule has 4 atom stereocenters. The van der Waals surface area contributed by atoms with E-state index >= 15 is 0 Å². The van der Waals surface area contributed by atoms with Gasteiger partial charge in [0.1, 0.15) is 46.2 Å². The summed E-state index contributed by atoms with van der Waals surface area (Å²) in [6.07, 6.45) is 0.800. The number of nitrogens with zero attached hydrogens (tertiary/aromatic N) is 5. The number of hydrogen-bond acceptors (Lipinski definition) is 9. The van der Waals surface area contributed by atoms with Crippen molar-refractivity contribution >= 4 is 45.7 Å². The number of benzene rings is 4. The Balaban J connectivity index is 0.000000179. The van der Waals surface area contributed by atoms with Crippen molar-refractivity contribution in [3.63, 3.8) is 0 Å². The van der Waals surface area contributed by atoms with E-state index in [1.165, 1.54) is 14.7 Å². The fourth-order valence-corrected chi connectivity index (χ4v) is 10.4. The van der Waals surface area contributed by atoms with Gasteiger partial charge in [-0.05, 0) is 111 Å². The van der Waals surface area contributed by atoms with Crippen LogP contribution < -0.4 is 26.8 Å². The first-order valence-electron chi connectivity index (χ1n) is 22.2. The van der Waals surface area contributed by atoms with Gasteiger partial charge in [-0.3, -0.25) is 29.2 Å². The lowest BCUT2D eigenvalue weighted by molar-refractivity contribution is -0.857. The summed E-state index contributed by atoms with van der Waals surface area (Å²) in [5.41, 5.74) is 4.98. The standard InChI is InChI=1S/2C25H28N4O4.ClH/c2*1-25-14-19-18-13-17(33-4)8-9-20(18)26-21(19)22(15-6-5-7-16(30)12-15)29(25)24(32)28(23(25)31)11-10-27(2)3;/h2*5-9,12-13,22,26,30H,10-11,14H2,1-4H3;1H/t2*22?,25-;/m00./s1. The van der Waals surface area contributed by atoms with E-state index in [2.05, 4.69) is 9.97 Å². The first-order chi connectivity index (χ1) is 31.5. The number of hydrogen-bond donors (Lipinski definition) is 5. The largest absolute Gasteiger partial charge is 1.00 e. The zero-order valence-electron chi connectivity index (χ0n) is 38.9. The highest BCUT2D eigenvalue weighted by atomic mass is 35.5. The molecular formula is C50H57ClN8O8. The molecule has 2 saturated heterocycles. The molecule has 0 saturated carbocycles. The number of nitrogens with one attached hydrogen (secondary N) is 3. The molecule has 0 bridgehead atoms. The van der Waals surface area contributed by atoms with Crippen LogP contribution in [0.4, 0.5) is 9.59 Å². The number of likely N-dealkylation sites (N-methyl/N-ethyl adjacent to an activating group) is 2. The van der Waals surface area contributed by atoms with Crippen molar-refractivity contribution in [2.75, 3.05) is 68.6 Å². The molecule has 67 heavy (non-hydrogen) atoms. The summed E-state index contributed by atoms with van der Waals surface area (Å²) in [6, 6.07) is 23.8. The highest BCUT2D eigenvalue weighted by Gasteiger charge is 2.61. The van der Waals surface area contributed by atoms with E-state index in [-0.39, 0.29) is 47.8 Å². The minimum Gasteiger partial charge on any atom is -1.00 e. The Bertz CT molecular complexity index is 2740.